The predicted octanol–water partition coefficient (Wildman–Crippen LogP) is 24.6. The highest BCUT2D eigenvalue weighted by molar-refractivity contribution is 5.71. The van der Waals surface area contributed by atoms with Crippen molar-refractivity contribution < 1.29 is 28.6 Å². The summed E-state index contributed by atoms with van der Waals surface area (Å²) >= 11 is 0. The average Bonchev–Trinajstić information content (AvgIpc) is 3.47. The van der Waals surface area contributed by atoms with Crippen LogP contribution in [0.4, 0.5) is 0 Å². The number of allylic oxidation sites excluding steroid dienone is 14. The zero-order valence-corrected chi connectivity index (χ0v) is 54.5. The Bertz CT molecular complexity index is 1550. The first-order valence-electron chi connectivity index (χ1n) is 35.6. The van der Waals surface area contributed by atoms with Crippen molar-refractivity contribution in [3.8, 4) is 0 Å². The maximum atomic E-state index is 12.9. The minimum absolute atomic E-state index is 0.0989. The van der Waals surface area contributed by atoms with Crippen LogP contribution in [0, 0.1) is 0 Å². The number of hydrogen-bond donors (Lipinski definition) is 0. The molecule has 0 radical (unpaired) electrons. The quantitative estimate of drug-likeness (QED) is 0.0261. The molecule has 0 aliphatic carbocycles. The van der Waals surface area contributed by atoms with Crippen molar-refractivity contribution in [3.05, 3.63) is 85.1 Å². The molecule has 0 saturated carbocycles. The standard InChI is InChI=1S/C76H134O6/c1-4-7-10-13-16-19-22-25-27-29-31-33-35-36-37-38-39-41-42-44-46-48-51-54-57-60-63-66-69-75(78)81-72-73(71-80-74(77)68-65-62-59-56-53-50-24-21-18-15-12-9-6-3)82-76(79)70-67-64-61-58-55-52-49-47-45-43-40-34-32-30-28-26-23-20-17-14-11-8-5-2/h9,12,18,21,23,26,30,32,40,43,50,53,59,62,73H,4-8,10-11,13-17,19-20,22,24-25,27-29,31,33-39,41-42,44-49,51-52,54-58,60-61,63-72H2,1-3H3/b12-9-,21-18-,26-23-,32-30-,43-40-,53-50-,62-59-. The first-order chi connectivity index (χ1) is 40.5. The van der Waals surface area contributed by atoms with Crippen molar-refractivity contribution in [1.82, 2.24) is 0 Å². The van der Waals surface area contributed by atoms with E-state index < -0.39 is 6.10 Å². The van der Waals surface area contributed by atoms with Gasteiger partial charge in [-0.25, -0.2) is 0 Å². The Morgan fingerprint density at radius 3 is 0.817 bits per heavy atom. The molecule has 0 spiro atoms. The van der Waals surface area contributed by atoms with Crippen LogP contribution in [-0.2, 0) is 28.6 Å². The third kappa shape index (κ3) is 67.4. The van der Waals surface area contributed by atoms with Crippen molar-refractivity contribution >= 4 is 17.9 Å². The van der Waals surface area contributed by atoms with Crippen molar-refractivity contribution in [2.75, 3.05) is 13.2 Å². The fraction of sp³-hybridized carbons (Fsp3) is 0.776. The normalized spacial score (nSPS) is 12.6. The molecule has 0 amide bonds. The highest BCUT2D eigenvalue weighted by Crippen LogP contribution is 2.18. The number of hydrogen-bond acceptors (Lipinski definition) is 6. The molecule has 6 heteroatoms. The van der Waals surface area contributed by atoms with Gasteiger partial charge in [0.05, 0.1) is 0 Å². The molecule has 0 aliphatic heterocycles. The fourth-order valence-corrected chi connectivity index (χ4v) is 10.4. The van der Waals surface area contributed by atoms with Gasteiger partial charge in [0.2, 0.25) is 0 Å². The van der Waals surface area contributed by atoms with Gasteiger partial charge in [0, 0.05) is 19.3 Å². The second-order valence-electron chi connectivity index (χ2n) is 23.8. The number of carbonyl (C=O) groups is 3. The molecule has 0 aromatic heterocycles. The van der Waals surface area contributed by atoms with Crippen molar-refractivity contribution in [3.63, 3.8) is 0 Å². The van der Waals surface area contributed by atoms with E-state index in [9.17, 15) is 14.4 Å². The summed E-state index contributed by atoms with van der Waals surface area (Å²) < 4.78 is 16.9. The van der Waals surface area contributed by atoms with Crippen LogP contribution in [-0.4, -0.2) is 37.2 Å². The summed E-state index contributed by atoms with van der Waals surface area (Å²) in [6.07, 6.45) is 93.6. The Balaban J connectivity index is 4.27. The van der Waals surface area contributed by atoms with Crippen LogP contribution < -0.4 is 0 Å². The maximum Gasteiger partial charge on any atom is 0.306 e. The summed E-state index contributed by atoms with van der Waals surface area (Å²) in [5.41, 5.74) is 0. The highest BCUT2D eigenvalue weighted by atomic mass is 16.6. The van der Waals surface area contributed by atoms with Gasteiger partial charge in [-0.2, -0.15) is 0 Å². The summed E-state index contributed by atoms with van der Waals surface area (Å²) in [5.74, 6) is -0.975. The topological polar surface area (TPSA) is 78.9 Å². The number of unbranched alkanes of at least 4 members (excludes halogenated alkanes) is 40. The monoisotopic (exact) mass is 1140 g/mol. The summed E-state index contributed by atoms with van der Waals surface area (Å²) in [7, 11) is 0. The van der Waals surface area contributed by atoms with Crippen LogP contribution in [0.25, 0.3) is 0 Å². The van der Waals surface area contributed by atoms with Gasteiger partial charge in [0.25, 0.3) is 0 Å². The Hall–Kier alpha value is -3.41. The Morgan fingerprint density at radius 1 is 0.256 bits per heavy atom. The number of rotatable bonds is 65. The van der Waals surface area contributed by atoms with Crippen LogP contribution in [0.3, 0.4) is 0 Å². The zero-order chi connectivity index (χ0) is 59.2. The summed E-state index contributed by atoms with van der Waals surface area (Å²) in [6.45, 7) is 6.49. The third-order valence-electron chi connectivity index (χ3n) is 15.6. The van der Waals surface area contributed by atoms with Gasteiger partial charge >= 0.3 is 17.9 Å². The summed E-state index contributed by atoms with van der Waals surface area (Å²) in [6, 6.07) is 0. The summed E-state index contributed by atoms with van der Waals surface area (Å²) in [5, 5.41) is 0. The molecule has 1 unspecified atom stereocenters. The lowest BCUT2D eigenvalue weighted by Crippen LogP contribution is -2.30. The van der Waals surface area contributed by atoms with Crippen LogP contribution in [0.2, 0.25) is 0 Å². The van der Waals surface area contributed by atoms with Gasteiger partial charge in [-0.15, -0.1) is 0 Å². The number of ether oxygens (including phenoxy) is 3. The van der Waals surface area contributed by atoms with E-state index in [4.69, 9.17) is 14.2 Å². The van der Waals surface area contributed by atoms with Gasteiger partial charge < -0.3 is 14.2 Å². The van der Waals surface area contributed by atoms with Crippen LogP contribution in [0.1, 0.15) is 361 Å². The van der Waals surface area contributed by atoms with E-state index in [1.165, 1.54) is 231 Å². The average molecular weight is 1140 g/mol. The van der Waals surface area contributed by atoms with Gasteiger partial charge in [-0.3, -0.25) is 14.4 Å². The molecule has 0 aromatic carbocycles. The van der Waals surface area contributed by atoms with Gasteiger partial charge in [0.15, 0.2) is 6.10 Å². The lowest BCUT2D eigenvalue weighted by molar-refractivity contribution is -0.166. The first kappa shape index (κ1) is 78.6. The van der Waals surface area contributed by atoms with Gasteiger partial charge in [-0.05, 0) is 83.5 Å². The lowest BCUT2D eigenvalue weighted by Gasteiger charge is -2.18. The van der Waals surface area contributed by atoms with Gasteiger partial charge in [0.1, 0.15) is 13.2 Å². The van der Waals surface area contributed by atoms with E-state index in [0.29, 0.717) is 19.3 Å². The predicted molar refractivity (Wildman–Crippen MR) is 358 cm³/mol. The van der Waals surface area contributed by atoms with Crippen molar-refractivity contribution in [2.45, 2.75) is 367 Å². The molecule has 82 heavy (non-hydrogen) atoms. The second kappa shape index (κ2) is 70.1. The van der Waals surface area contributed by atoms with Crippen molar-refractivity contribution in [1.29, 1.82) is 0 Å². The highest BCUT2D eigenvalue weighted by Gasteiger charge is 2.19. The SMILES string of the molecule is CC/C=C\C/C=C\C/C=C\C/C=C\CCC(=O)OCC(COC(=O)CCCCCCCCCCCCCCCCCCCCCCCCCCCCCC)OC(=O)CCCCCCCCCC/C=C\C/C=C\C/C=C\CCCCCCC. The first-order valence-corrected chi connectivity index (χ1v) is 35.6. The van der Waals surface area contributed by atoms with E-state index in [0.717, 1.165) is 83.5 Å². The fourth-order valence-electron chi connectivity index (χ4n) is 10.4. The zero-order valence-electron chi connectivity index (χ0n) is 54.5. The molecular weight excluding hydrogens is 1010 g/mol. The maximum absolute atomic E-state index is 12.9. The minimum atomic E-state index is -0.810. The van der Waals surface area contributed by atoms with E-state index >= 15 is 0 Å². The molecule has 0 heterocycles. The Labute approximate surface area is 509 Å². The molecule has 0 N–H and O–H groups in total. The van der Waals surface area contributed by atoms with Crippen molar-refractivity contribution in [2.24, 2.45) is 0 Å². The van der Waals surface area contributed by atoms with Crippen LogP contribution in [0.5, 0.6) is 0 Å². The Morgan fingerprint density at radius 2 is 0.500 bits per heavy atom. The molecule has 0 aliphatic rings. The van der Waals surface area contributed by atoms with E-state index in [1.54, 1.807) is 0 Å². The molecule has 474 valence electrons. The minimum Gasteiger partial charge on any atom is -0.462 e. The third-order valence-corrected chi connectivity index (χ3v) is 15.6. The summed E-state index contributed by atoms with van der Waals surface area (Å²) in [4.78, 5) is 38.4. The molecule has 0 saturated heterocycles. The van der Waals surface area contributed by atoms with Crippen LogP contribution in [0.15, 0.2) is 85.1 Å². The molecule has 0 aromatic rings. The molecular formula is C76H134O6. The lowest BCUT2D eigenvalue weighted by atomic mass is 10.0. The molecule has 0 fully saturated rings. The number of carbonyl (C=O) groups excluding carboxylic acids is 3. The van der Waals surface area contributed by atoms with Crippen LogP contribution >= 0.6 is 0 Å². The number of esters is 3. The van der Waals surface area contributed by atoms with E-state index in [2.05, 4.69) is 99.8 Å². The Kier molecular flexibility index (Phi) is 67.2. The largest absolute Gasteiger partial charge is 0.462 e. The molecule has 0 bridgehead atoms. The smallest absolute Gasteiger partial charge is 0.306 e. The van der Waals surface area contributed by atoms with E-state index in [-0.39, 0.29) is 37.5 Å². The molecule has 6 nitrogen and oxygen atoms in total. The second-order valence-corrected chi connectivity index (χ2v) is 23.8. The molecule has 1 atom stereocenters. The molecule has 0 rings (SSSR count). The van der Waals surface area contributed by atoms with E-state index in [1.807, 2.05) is 6.08 Å². The van der Waals surface area contributed by atoms with Gasteiger partial charge in [-0.1, -0.05) is 343 Å².